The summed E-state index contributed by atoms with van der Waals surface area (Å²) in [5, 5.41) is 13.1. The average Bonchev–Trinajstić information content (AvgIpc) is 3.30. The van der Waals surface area contributed by atoms with Gasteiger partial charge in [0, 0.05) is 25.2 Å². The van der Waals surface area contributed by atoms with Crippen LogP contribution in [0, 0.1) is 11.8 Å². The van der Waals surface area contributed by atoms with E-state index in [4.69, 9.17) is 14.4 Å². The second kappa shape index (κ2) is 9.74. The number of carbonyl (C=O) groups is 1. The van der Waals surface area contributed by atoms with Gasteiger partial charge in [-0.1, -0.05) is 13.8 Å². The smallest absolute Gasteiger partial charge is 0.254 e. The van der Waals surface area contributed by atoms with Crippen molar-refractivity contribution in [1.82, 2.24) is 15.0 Å². The summed E-state index contributed by atoms with van der Waals surface area (Å²) in [5.74, 6) is 1.53. The molecule has 0 radical (unpaired) electrons. The normalized spacial score (nSPS) is 22.8. The first-order valence-corrected chi connectivity index (χ1v) is 10.7. The Morgan fingerprint density at radius 2 is 2.07 bits per heavy atom. The fourth-order valence-corrected chi connectivity index (χ4v) is 4.38. The Morgan fingerprint density at radius 3 is 2.68 bits per heavy atom. The summed E-state index contributed by atoms with van der Waals surface area (Å²) >= 11 is 0. The van der Waals surface area contributed by atoms with Gasteiger partial charge < -0.3 is 24.2 Å². The van der Waals surface area contributed by atoms with Crippen molar-refractivity contribution >= 4 is 5.91 Å². The number of likely N-dealkylation sites (tertiary alicyclic amines) is 2. The number of ether oxygens (including phenoxy) is 1. The average molecular weight is 394 g/mol. The Kier molecular flexibility index (Phi) is 7.35. The van der Waals surface area contributed by atoms with Crippen molar-refractivity contribution in [3.63, 3.8) is 0 Å². The molecule has 28 heavy (non-hydrogen) atoms. The summed E-state index contributed by atoms with van der Waals surface area (Å²) in [5.41, 5.74) is 0. The minimum absolute atomic E-state index is 0.136. The van der Waals surface area contributed by atoms with Crippen LogP contribution in [0.3, 0.4) is 0 Å². The summed E-state index contributed by atoms with van der Waals surface area (Å²) < 4.78 is 11.4. The Hall–Kier alpha value is -1.60. The van der Waals surface area contributed by atoms with Crippen LogP contribution in [-0.2, 0) is 4.79 Å². The number of aliphatic hydroxyl groups excluding tert-OH is 1. The molecule has 0 spiro atoms. The molecule has 1 N–H and O–H groups in total. The van der Waals surface area contributed by atoms with Gasteiger partial charge in [-0.15, -0.1) is 0 Å². The molecule has 0 saturated carbocycles. The standard InChI is InChI=1S/C21H35N3O4/c1-15(2)20(21(26)24-8-4-5-16(24)3)18-13-19(22-28-18)27-14-17-6-9-23(10-7-17)11-12-25/h13,15-17,20,25H,4-12,14H2,1-3H3. The van der Waals surface area contributed by atoms with Crippen LogP contribution in [0.5, 0.6) is 5.88 Å². The van der Waals surface area contributed by atoms with Crippen molar-refractivity contribution in [2.45, 2.75) is 58.4 Å². The van der Waals surface area contributed by atoms with Crippen LogP contribution >= 0.6 is 0 Å². The van der Waals surface area contributed by atoms with Gasteiger partial charge in [0.1, 0.15) is 5.92 Å². The van der Waals surface area contributed by atoms with Crippen molar-refractivity contribution in [2.75, 3.05) is 39.4 Å². The number of aromatic nitrogens is 1. The molecular weight excluding hydrogens is 358 g/mol. The molecule has 1 aromatic heterocycles. The fourth-order valence-electron chi connectivity index (χ4n) is 4.38. The second-order valence-electron chi connectivity index (χ2n) is 8.63. The first kappa shape index (κ1) is 21.1. The van der Waals surface area contributed by atoms with Gasteiger partial charge in [-0.25, -0.2) is 0 Å². The van der Waals surface area contributed by atoms with Gasteiger partial charge in [0.2, 0.25) is 5.91 Å². The van der Waals surface area contributed by atoms with Crippen molar-refractivity contribution in [1.29, 1.82) is 0 Å². The molecule has 7 heteroatoms. The lowest BCUT2D eigenvalue weighted by Gasteiger charge is -2.30. The molecule has 3 heterocycles. The Bertz CT molecular complexity index is 625. The maximum absolute atomic E-state index is 13.1. The van der Waals surface area contributed by atoms with E-state index in [1.807, 2.05) is 18.7 Å². The lowest BCUT2D eigenvalue weighted by Crippen LogP contribution is -2.38. The number of hydrogen-bond acceptors (Lipinski definition) is 6. The third kappa shape index (κ3) is 5.06. The van der Waals surface area contributed by atoms with Crippen LogP contribution in [0.15, 0.2) is 10.6 Å². The molecule has 2 atom stereocenters. The zero-order valence-electron chi connectivity index (χ0n) is 17.5. The molecule has 0 aromatic carbocycles. The first-order chi connectivity index (χ1) is 13.5. The molecule has 158 valence electrons. The van der Waals surface area contributed by atoms with Crippen LogP contribution in [0.1, 0.15) is 58.1 Å². The lowest BCUT2D eigenvalue weighted by molar-refractivity contribution is -0.134. The second-order valence-corrected chi connectivity index (χ2v) is 8.63. The van der Waals surface area contributed by atoms with Gasteiger partial charge >= 0.3 is 0 Å². The Morgan fingerprint density at radius 1 is 1.32 bits per heavy atom. The topological polar surface area (TPSA) is 79.0 Å². The summed E-state index contributed by atoms with van der Waals surface area (Å²) in [6.45, 7) is 10.6. The number of nitrogens with zero attached hydrogens (tertiary/aromatic N) is 3. The largest absolute Gasteiger partial charge is 0.475 e. The van der Waals surface area contributed by atoms with Gasteiger partial charge in [0.15, 0.2) is 5.76 Å². The maximum atomic E-state index is 13.1. The monoisotopic (exact) mass is 393 g/mol. The Balaban J connectivity index is 1.55. The molecule has 0 bridgehead atoms. The molecule has 2 aliphatic rings. The zero-order valence-corrected chi connectivity index (χ0v) is 17.5. The molecule has 1 amide bonds. The molecule has 2 saturated heterocycles. The van der Waals surface area contributed by atoms with Crippen LogP contribution < -0.4 is 4.74 Å². The highest BCUT2D eigenvalue weighted by atomic mass is 16.5. The molecule has 7 nitrogen and oxygen atoms in total. The summed E-state index contributed by atoms with van der Waals surface area (Å²) in [6, 6.07) is 2.09. The van der Waals surface area contributed by atoms with Crippen LogP contribution in [0.4, 0.5) is 0 Å². The molecule has 1 aromatic rings. The summed E-state index contributed by atoms with van der Waals surface area (Å²) in [7, 11) is 0. The van der Waals surface area contributed by atoms with E-state index in [1.165, 1.54) is 0 Å². The third-order valence-electron chi connectivity index (χ3n) is 6.17. The number of β-amino-alcohol motifs (C(OH)–C–C–N with tert-alkyl or cyclic N) is 1. The van der Waals surface area contributed by atoms with Crippen molar-refractivity contribution in [3.05, 3.63) is 11.8 Å². The van der Waals surface area contributed by atoms with E-state index in [2.05, 4.69) is 17.0 Å². The first-order valence-electron chi connectivity index (χ1n) is 10.7. The molecule has 2 unspecified atom stereocenters. The SMILES string of the molecule is CC(C)C(C(=O)N1CCCC1C)c1cc(OCC2CCN(CCO)CC2)no1. The van der Waals surface area contributed by atoms with E-state index in [0.717, 1.165) is 51.9 Å². The van der Waals surface area contributed by atoms with Crippen molar-refractivity contribution < 1.29 is 19.2 Å². The highest BCUT2D eigenvalue weighted by molar-refractivity contribution is 5.84. The van der Waals surface area contributed by atoms with Crippen molar-refractivity contribution in [3.8, 4) is 5.88 Å². The molecule has 2 aliphatic heterocycles. The van der Waals surface area contributed by atoms with Crippen molar-refractivity contribution in [2.24, 2.45) is 11.8 Å². The minimum Gasteiger partial charge on any atom is -0.475 e. The van der Waals surface area contributed by atoms with Crippen LogP contribution in [0.25, 0.3) is 0 Å². The number of carbonyl (C=O) groups excluding carboxylic acids is 1. The highest BCUT2D eigenvalue weighted by Gasteiger charge is 2.36. The Labute approximate surface area is 168 Å². The number of amides is 1. The number of piperidine rings is 1. The molecule has 2 fully saturated rings. The van der Waals surface area contributed by atoms with E-state index in [-0.39, 0.29) is 24.3 Å². The van der Waals surface area contributed by atoms with Gasteiger partial charge in [-0.05, 0) is 62.7 Å². The van der Waals surface area contributed by atoms with E-state index in [1.54, 1.807) is 6.07 Å². The highest BCUT2D eigenvalue weighted by Crippen LogP contribution is 2.32. The van der Waals surface area contributed by atoms with E-state index >= 15 is 0 Å². The molecule has 3 rings (SSSR count). The van der Waals surface area contributed by atoms with Crippen LogP contribution in [0.2, 0.25) is 0 Å². The molecular formula is C21H35N3O4. The third-order valence-corrected chi connectivity index (χ3v) is 6.17. The van der Waals surface area contributed by atoms with E-state index < -0.39 is 0 Å². The zero-order chi connectivity index (χ0) is 20.1. The number of aliphatic hydroxyl groups is 1. The number of rotatable bonds is 8. The maximum Gasteiger partial charge on any atom is 0.254 e. The van der Waals surface area contributed by atoms with E-state index in [0.29, 0.717) is 30.2 Å². The van der Waals surface area contributed by atoms with Gasteiger partial charge in [0.25, 0.3) is 5.88 Å². The minimum atomic E-state index is -0.313. The predicted molar refractivity (Wildman–Crippen MR) is 106 cm³/mol. The molecule has 0 aliphatic carbocycles. The summed E-state index contributed by atoms with van der Waals surface area (Å²) in [6.07, 6.45) is 4.26. The van der Waals surface area contributed by atoms with E-state index in [9.17, 15) is 4.79 Å². The quantitative estimate of drug-likeness (QED) is 0.731. The van der Waals surface area contributed by atoms with Gasteiger partial charge in [-0.3, -0.25) is 4.79 Å². The fraction of sp³-hybridized carbons (Fsp3) is 0.810. The lowest BCUT2D eigenvalue weighted by atomic mass is 9.91. The van der Waals surface area contributed by atoms with Crippen LogP contribution in [-0.4, -0.2) is 71.4 Å². The van der Waals surface area contributed by atoms with Gasteiger partial charge in [-0.2, -0.15) is 0 Å². The van der Waals surface area contributed by atoms with Gasteiger partial charge in [0.05, 0.1) is 13.2 Å². The number of hydrogen-bond donors (Lipinski definition) is 1. The predicted octanol–water partition coefficient (Wildman–Crippen LogP) is 2.51. The summed E-state index contributed by atoms with van der Waals surface area (Å²) in [4.78, 5) is 17.3.